The number of carbonyl (C=O) groups excluding carboxylic acids is 1. The average molecular weight is 524 g/mol. The standard InChI is InChI=1S/C23H29FN4O.HI/c1-25-22(26-15-17-5-7-18(8-6-17)21(29)28(2)3)27-16-23(13-4-14-23)19-9-11-20(24)12-10-19;/h5-12H,4,13-16H2,1-3H3,(H2,25,26,27);1H. The molecule has 0 bridgehead atoms. The number of benzene rings is 2. The van der Waals surface area contributed by atoms with Crippen LogP contribution < -0.4 is 10.6 Å². The van der Waals surface area contributed by atoms with Crippen molar-refractivity contribution in [3.05, 3.63) is 71.0 Å². The van der Waals surface area contributed by atoms with Crippen LogP contribution in [0.5, 0.6) is 0 Å². The molecule has 0 aliphatic heterocycles. The van der Waals surface area contributed by atoms with Crippen LogP contribution in [0.15, 0.2) is 53.5 Å². The lowest BCUT2D eigenvalue weighted by Crippen LogP contribution is -2.48. The largest absolute Gasteiger partial charge is 0.356 e. The van der Waals surface area contributed by atoms with Crippen LogP contribution in [0.4, 0.5) is 4.39 Å². The highest BCUT2D eigenvalue weighted by molar-refractivity contribution is 14.0. The van der Waals surface area contributed by atoms with E-state index in [0.717, 1.165) is 30.9 Å². The summed E-state index contributed by atoms with van der Waals surface area (Å²) in [6.45, 7) is 1.37. The van der Waals surface area contributed by atoms with Gasteiger partial charge in [-0.15, -0.1) is 24.0 Å². The molecule has 0 aromatic heterocycles. The number of aliphatic imine (C=N–C) groups is 1. The Hall–Kier alpha value is -2.16. The number of carbonyl (C=O) groups is 1. The molecule has 30 heavy (non-hydrogen) atoms. The summed E-state index contributed by atoms with van der Waals surface area (Å²) in [5.41, 5.74) is 2.96. The third-order valence-electron chi connectivity index (χ3n) is 5.65. The zero-order chi connectivity index (χ0) is 20.9. The van der Waals surface area contributed by atoms with E-state index in [9.17, 15) is 9.18 Å². The van der Waals surface area contributed by atoms with Crippen molar-refractivity contribution >= 4 is 35.8 Å². The molecule has 1 fully saturated rings. The van der Waals surface area contributed by atoms with Crippen LogP contribution in [0, 0.1) is 5.82 Å². The second-order valence-corrected chi connectivity index (χ2v) is 7.82. The van der Waals surface area contributed by atoms with Crippen molar-refractivity contribution in [2.45, 2.75) is 31.2 Å². The van der Waals surface area contributed by atoms with Crippen molar-refractivity contribution in [2.24, 2.45) is 4.99 Å². The summed E-state index contributed by atoms with van der Waals surface area (Å²) in [6.07, 6.45) is 3.36. The van der Waals surface area contributed by atoms with Gasteiger partial charge in [0.25, 0.3) is 5.91 Å². The molecule has 0 heterocycles. The lowest BCUT2D eigenvalue weighted by Gasteiger charge is -2.43. The van der Waals surface area contributed by atoms with Crippen LogP contribution in [0.2, 0.25) is 0 Å². The Kier molecular flexibility index (Phi) is 8.64. The van der Waals surface area contributed by atoms with E-state index in [1.165, 1.54) is 24.1 Å². The lowest BCUT2D eigenvalue weighted by molar-refractivity contribution is 0.0827. The van der Waals surface area contributed by atoms with Gasteiger partial charge in [0.05, 0.1) is 0 Å². The molecule has 5 nitrogen and oxygen atoms in total. The first kappa shape index (κ1) is 24.1. The van der Waals surface area contributed by atoms with Crippen molar-refractivity contribution in [3.8, 4) is 0 Å². The van der Waals surface area contributed by atoms with Gasteiger partial charge in [0, 0.05) is 45.2 Å². The Morgan fingerprint density at radius 1 is 1.07 bits per heavy atom. The first-order valence-electron chi connectivity index (χ1n) is 9.95. The topological polar surface area (TPSA) is 56.7 Å². The van der Waals surface area contributed by atoms with Gasteiger partial charge in [-0.3, -0.25) is 9.79 Å². The summed E-state index contributed by atoms with van der Waals surface area (Å²) in [4.78, 5) is 17.9. The summed E-state index contributed by atoms with van der Waals surface area (Å²) in [5.74, 6) is 0.521. The SMILES string of the molecule is CN=C(NCc1ccc(C(=O)N(C)C)cc1)NCC1(c2ccc(F)cc2)CCC1.I. The second-order valence-electron chi connectivity index (χ2n) is 7.82. The normalized spacial score (nSPS) is 14.9. The van der Waals surface area contributed by atoms with Crippen LogP contribution in [0.3, 0.4) is 0 Å². The van der Waals surface area contributed by atoms with Gasteiger partial charge in [-0.05, 0) is 48.2 Å². The van der Waals surface area contributed by atoms with Gasteiger partial charge in [-0.2, -0.15) is 0 Å². The van der Waals surface area contributed by atoms with Gasteiger partial charge in [0.15, 0.2) is 5.96 Å². The van der Waals surface area contributed by atoms with Gasteiger partial charge >= 0.3 is 0 Å². The fourth-order valence-electron chi connectivity index (χ4n) is 3.66. The molecule has 2 N–H and O–H groups in total. The number of nitrogens with one attached hydrogen (secondary N) is 2. The van der Waals surface area contributed by atoms with E-state index in [4.69, 9.17) is 0 Å². The monoisotopic (exact) mass is 524 g/mol. The lowest BCUT2D eigenvalue weighted by atomic mass is 9.64. The van der Waals surface area contributed by atoms with E-state index in [-0.39, 0.29) is 41.1 Å². The minimum atomic E-state index is -0.202. The Morgan fingerprint density at radius 3 is 2.20 bits per heavy atom. The molecule has 2 aromatic rings. The third kappa shape index (κ3) is 5.71. The smallest absolute Gasteiger partial charge is 0.253 e. The highest BCUT2D eigenvalue weighted by atomic mass is 127. The van der Waals surface area contributed by atoms with Gasteiger partial charge < -0.3 is 15.5 Å². The summed E-state index contributed by atoms with van der Waals surface area (Å²) in [5, 5.41) is 6.75. The van der Waals surface area contributed by atoms with Crippen LogP contribution in [0.25, 0.3) is 0 Å². The average Bonchev–Trinajstić information content (AvgIpc) is 2.70. The van der Waals surface area contributed by atoms with Crippen molar-refractivity contribution in [1.82, 2.24) is 15.5 Å². The molecular weight excluding hydrogens is 494 g/mol. The Labute approximate surface area is 195 Å². The minimum absolute atomic E-state index is 0. The van der Waals surface area contributed by atoms with Gasteiger partial charge in [-0.25, -0.2) is 4.39 Å². The van der Waals surface area contributed by atoms with Gasteiger partial charge in [0.2, 0.25) is 0 Å². The molecule has 0 atom stereocenters. The van der Waals surface area contributed by atoms with Crippen LogP contribution in [0.1, 0.15) is 40.7 Å². The van der Waals surface area contributed by atoms with Crippen molar-refractivity contribution in [3.63, 3.8) is 0 Å². The molecule has 1 amide bonds. The van der Waals surface area contributed by atoms with Crippen molar-refractivity contribution in [1.29, 1.82) is 0 Å². The molecule has 2 aromatic carbocycles. The molecule has 3 rings (SSSR count). The molecule has 0 saturated heterocycles. The summed E-state index contributed by atoms with van der Waals surface area (Å²) >= 11 is 0. The van der Waals surface area contributed by atoms with Crippen molar-refractivity contribution in [2.75, 3.05) is 27.7 Å². The van der Waals surface area contributed by atoms with Crippen LogP contribution >= 0.6 is 24.0 Å². The van der Waals surface area contributed by atoms with E-state index in [0.29, 0.717) is 12.1 Å². The second kappa shape index (κ2) is 10.7. The molecule has 0 spiro atoms. The van der Waals surface area contributed by atoms with Crippen LogP contribution in [-0.2, 0) is 12.0 Å². The summed E-state index contributed by atoms with van der Waals surface area (Å²) in [7, 11) is 5.24. The highest BCUT2D eigenvalue weighted by Gasteiger charge is 2.38. The van der Waals surface area contributed by atoms with Crippen molar-refractivity contribution < 1.29 is 9.18 Å². The first-order valence-corrected chi connectivity index (χ1v) is 9.95. The number of hydrogen-bond acceptors (Lipinski definition) is 2. The molecule has 0 unspecified atom stereocenters. The number of nitrogens with zero attached hydrogens (tertiary/aromatic N) is 2. The predicted molar refractivity (Wildman–Crippen MR) is 130 cm³/mol. The Balaban J connectivity index is 0.00000320. The minimum Gasteiger partial charge on any atom is -0.356 e. The molecular formula is C23H30FIN4O. The Bertz CT molecular complexity index is 862. The quantitative estimate of drug-likeness (QED) is 0.342. The third-order valence-corrected chi connectivity index (χ3v) is 5.65. The molecule has 1 aliphatic rings. The molecule has 0 radical (unpaired) electrons. The maximum atomic E-state index is 13.3. The maximum Gasteiger partial charge on any atom is 0.253 e. The molecule has 1 saturated carbocycles. The number of hydrogen-bond donors (Lipinski definition) is 2. The fraction of sp³-hybridized carbons (Fsp3) is 0.391. The van der Waals surface area contributed by atoms with E-state index in [2.05, 4.69) is 15.6 Å². The Morgan fingerprint density at radius 2 is 1.70 bits per heavy atom. The van der Waals surface area contributed by atoms with E-state index >= 15 is 0 Å². The summed E-state index contributed by atoms with van der Waals surface area (Å²) in [6, 6.07) is 14.4. The molecule has 7 heteroatoms. The zero-order valence-corrected chi connectivity index (χ0v) is 20.1. The van der Waals surface area contributed by atoms with Crippen LogP contribution in [-0.4, -0.2) is 44.5 Å². The highest BCUT2D eigenvalue weighted by Crippen LogP contribution is 2.43. The molecule has 162 valence electrons. The fourth-order valence-corrected chi connectivity index (χ4v) is 3.66. The van der Waals surface area contributed by atoms with E-state index in [1.54, 1.807) is 26.0 Å². The number of amides is 1. The maximum absolute atomic E-state index is 13.3. The zero-order valence-electron chi connectivity index (χ0n) is 17.7. The predicted octanol–water partition coefficient (Wildman–Crippen LogP) is 3.93. The van der Waals surface area contributed by atoms with E-state index in [1.807, 2.05) is 36.4 Å². The summed E-state index contributed by atoms with van der Waals surface area (Å²) < 4.78 is 13.3. The number of halogens is 2. The number of guanidine groups is 1. The van der Waals surface area contributed by atoms with E-state index < -0.39 is 0 Å². The van der Waals surface area contributed by atoms with Gasteiger partial charge in [0.1, 0.15) is 5.82 Å². The first-order chi connectivity index (χ1) is 13.9. The molecule has 1 aliphatic carbocycles. The number of rotatable bonds is 6. The van der Waals surface area contributed by atoms with Gasteiger partial charge in [-0.1, -0.05) is 30.7 Å².